The minimum atomic E-state index is -0.706. The average Bonchev–Trinajstić information content (AvgIpc) is 3.34. The molecule has 0 aliphatic carbocycles. The first kappa shape index (κ1) is 22.6. The number of nitrogens with zero attached hydrogens (tertiary/aromatic N) is 1. The lowest BCUT2D eigenvalue weighted by atomic mass is 10.1. The van der Waals surface area contributed by atoms with Gasteiger partial charge in [-0.25, -0.2) is 4.90 Å². The van der Waals surface area contributed by atoms with Gasteiger partial charge in [0.15, 0.2) is 0 Å². The molecule has 166 valence electrons. The molecule has 0 spiro atoms. The molecular weight excluding hydrogens is 477 g/mol. The molecule has 4 rings (SSSR count). The molecular formula is C22H18Cl3N3O4. The molecule has 2 N–H and O–H groups in total. The Bertz CT molecular complexity index is 1110. The number of carbonyl (C=O) groups is 3. The number of halogens is 3. The van der Waals surface area contributed by atoms with Gasteiger partial charge < -0.3 is 15.4 Å². The van der Waals surface area contributed by atoms with Crippen molar-refractivity contribution in [2.45, 2.75) is 18.9 Å². The second kappa shape index (κ2) is 9.50. The van der Waals surface area contributed by atoms with E-state index >= 15 is 0 Å². The van der Waals surface area contributed by atoms with Gasteiger partial charge in [-0.1, -0.05) is 40.9 Å². The Morgan fingerprint density at radius 2 is 1.81 bits per heavy atom. The van der Waals surface area contributed by atoms with Gasteiger partial charge in [-0.05, 0) is 49.2 Å². The van der Waals surface area contributed by atoms with Crippen molar-refractivity contribution in [3.05, 3.63) is 68.8 Å². The summed E-state index contributed by atoms with van der Waals surface area (Å²) in [5, 5.41) is 5.96. The van der Waals surface area contributed by atoms with Gasteiger partial charge in [0.05, 0.1) is 11.8 Å². The summed E-state index contributed by atoms with van der Waals surface area (Å²) in [5.41, 5.74) is 0.911. The second-order valence-electron chi connectivity index (χ2n) is 7.31. The highest BCUT2D eigenvalue weighted by Gasteiger charge is 2.39. The van der Waals surface area contributed by atoms with E-state index < -0.39 is 11.8 Å². The Labute approximate surface area is 199 Å². The largest absolute Gasteiger partial charge is 0.376 e. The fourth-order valence-corrected chi connectivity index (χ4v) is 4.24. The third-order valence-corrected chi connectivity index (χ3v) is 5.83. The zero-order valence-corrected chi connectivity index (χ0v) is 18.9. The number of hydrogen-bond acceptors (Lipinski definition) is 5. The number of benzene rings is 2. The molecule has 32 heavy (non-hydrogen) atoms. The van der Waals surface area contributed by atoms with Gasteiger partial charge in [0.2, 0.25) is 0 Å². The molecule has 1 fully saturated rings. The Kier molecular flexibility index (Phi) is 6.71. The van der Waals surface area contributed by atoms with E-state index in [1.54, 1.807) is 24.3 Å². The van der Waals surface area contributed by atoms with Gasteiger partial charge in [0.1, 0.15) is 10.7 Å². The molecule has 7 nitrogen and oxygen atoms in total. The number of imide groups is 1. The summed E-state index contributed by atoms with van der Waals surface area (Å²) >= 11 is 18.2. The van der Waals surface area contributed by atoms with Crippen LogP contribution in [0.1, 0.15) is 23.2 Å². The molecule has 3 amide bonds. The van der Waals surface area contributed by atoms with Gasteiger partial charge in [-0.2, -0.15) is 0 Å². The average molecular weight is 495 g/mol. The van der Waals surface area contributed by atoms with Crippen LogP contribution in [-0.2, 0) is 14.3 Å². The molecule has 2 aliphatic rings. The lowest BCUT2D eigenvalue weighted by molar-refractivity contribution is -0.120. The topological polar surface area (TPSA) is 87.7 Å². The summed E-state index contributed by atoms with van der Waals surface area (Å²) in [6.45, 7) is 1.14. The van der Waals surface area contributed by atoms with E-state index in [1.165, 1.54) is 18.2 Å². The SMILES string of the molecule is O=C(NCC1CCCO1)c1cccc(NC2=C(Cl)C(=O)N(c3cc(Cl)cc(Cl)c3)C2=O)c1. The van der Waals surface area contributed by atoms with Gasteiger partial charge >= 0.3 is 0 Å². The van der Waals surface area contributed by atoms with E-state index in [2.05, 4.69) is 10.6 Å². The number of rotatable bonds is 6. The quantitative estimate of drug-likeness (QED) is 0.584. The summed E-state index contributed by atoms with van der Waals surface area (Å²) in [6.07, 6.45) is 1.93. The molecule has 0 radical (unpaired) electrons. The van der Waals surface area contributed by atoms with Crippen LogP contribution >= 0.6 is 34.8 Å². The third-order valence-electron chi connectivity index (χ3n) is 5.04. The Hall–Kier alpha value is -2.58. The van der Waals surface area contributed by atoms with Crippen LogP contribution in [0, 0.1) is 0 Å². The van der Waals surface area contributed by atoms with Crippen molar-refractivity contribution in [3.8, 4) is 0 Å². The molecule has 1 saturated heterocycles. The first-order valence-corrected chi connectivity index (χ1v) is 11.0. The molecule has 10 heteroatoms. The molecule has 1 atom stereocenters. The third kappa shape index (κ3) is 4.76. The smallest absolute Gasteiger partial charge is 0.283 e. The normalized spacial score (nSPS) is 18.5. The fraction of sp³-hybridized carbons (Fsp3) is 0.227. The highest BCUT2D eigenvalue weighted by Crippen LogP contribution is 2.33. The minimum Gasteiger partial charge on any atom is -0.376 e. The monoisotopic (exact) mass is 493 g/mol. The molecule has 2 heterocycles. The van der Waals surface area contributed by atoms with Crippen LogP contribution in [0.4, 0.5) is 11.4 Å². The second-order valence-corrected chi connectivity index (χ2v) is 8.56. The van der Waals surface area contributed by atoms with Crippen molar-refractivity contribution in [1.29, 1.82) is 0 Å². The predicted molar refractivity (Wildman–Crippen MR) is 123 cm³/mol. The molecule has 2 aliphatic heterocycles. The highest BCUT2D eigenvalue weighted by molar-refractivity contribution is 6.53. The lowest BCUT2D eigenvalue weighted by Crippen LogP contribution is -2.32. The number of amides is 3. The van der Waals surface area contributed by atoms with Gasteiger partial charge in [-0.15, -0.1) is 0 Å². The predicted octanol–water partition coefficient (Wildman–Crippen LogP) is 4.34. The molecule has 2 aromatic carbocycles. The van der Waals surface area contributed by atoms with Crippen molar-refractivity contribution in [2.75, 3.05) is 23.4 Å². The Morgan fingerprint density at radius 1 is 1.06 bits per heavy atom. The summed E-state index contributed by atoms with van der Waals surface area (Å²) in [5.74, 6) is -1.64. The maximum atomic E-state index is 12.9. The van der Waals surface area contributed by atoms with Gasteiger partial charge in [0.25, 0.3) is 17.7 Å². The molecule has 1 unspecified atom stereocenters. The van der Waals surface area contributed by atoms with Crippen LogP contribution in [0.25, 0.3) is 0 Å². The van der Waals surface area contributed by atoms with E-state index in [0.717, 1.165) is 17.7 Å². The van der Waals surface area contributed by atoms with Crippen LogP contribution in [-0.4, -0.2) is 37.0 Å². The van der Waals surface area contributed by atoms with Gasteiger partial charge in [0, 0.05) is 34.4 Å². The van der Waals surface area contributed by atoms with E-state index in [0.29, 0.717) is 24.4 Å². The molecule has 0 bridgehead atoms. The minimum absolute atomic E-state index is 0.0253. The van der Waals surface area contributed by atoms with Crippen LogP contribution in [0.3, 0.4) is 0 Å². The maximum absolute atomic E-state index is 12.9. The van der Waals surface area contributed by atoms with E-state index in [1.807, 2.05) is 0 Å². The van der Waals surface area contributed by atoms with Crippen LogP contribution < -0.4 is 15.5 Å². The Morgan fingerprint density at radius 3 is 2.50 bits per heavy atom. The first-order chi connectivity index (χ1) is 15.3. The lowest BCUT2D eigenvalue weighted by Gasteiger charge is -2.16. The number of anilines is 2. The Balaban J connectivity index is 1.49. The zero-order chi connectivity index (χ0) is 22.8. The standard InChI is InChI=1S/C22H18Cl3N3O4/c23-13-8-14(24)10-16(9-13)28-21(30)18(25)19(22(28)31)27-15-4-1-3-12(7-15)20(29)26-11-17-5-2-6-32-17/h1,3-4,7-10,17,27H,2,5-6,11H2,(H,26,29). The zero-order valence-electron chi connectivity index (χ0n) is 16.7. The number of carbonyl (C=O) groups excluding carboxylic acids is 3. The summed E-state index contributed by atoms with van der Waals surface area (Å²) in [6, 6.07) is 10.9. The maximum Gasteiger partial charge on any atom is 0.283 e. The molecule has 2 aromatic rings. The van der Waals surface area contributed by atoms with E-state index in [-0.39, 0.29) is 38.5 Å². The number of ether oxygens (including phenoxy) is 1. The van der Waals surface area contributed by atoms with Crippen LogP contribution in [0.2, 0.25) is 10.0 Å². The fourth-order valence-electron chi connectivity index (χ4n) is 3.51. The van der Waals surface area contributed by atoms with Crippen molar-refractivity contribution < 1.29 is 19.1 Å². The first-order valence-electron chi connectivity index (χ1n) is 9.85. The molecule has 0 aromatic heterocycles. The summed E-state index contributed by atoms with van der Waals surface area (Å²) in [4.78, 5) is 39.0. The number of hydrogen-bond donors (Lipinski definition) is 2. The van der Waals surface area contributed by atoms with E-state index in [4.69, 9.17) is 39.5 Å². The van der Waals surface area contributed by atoms with Crippen molar-refractivity contribution >= 4 is 63.9 Å². The van der Waals surface area contributed by atoms with Crippen LogP contribution in [0.5, 0.6) is 0 Å². The molecule has 0 saturated carbocycles. The summed E-state index contributed by atoms with van der Waals surface area (Å²) < 4.78 is 5.51. The van der Waals surface area contributed by atoms with Crippen molar-refractivity contribution in [2.24, 2.45) is 0 Å². The van der Waals surface area contributed by atoms with Crippen molar-refractivity contribution in [1.82, 2.24) is 5.32 Å². The highest BCUT2D eigenvalue weighted by atomic mass is 35.5. The number of nitrogens with one attached hydrogen (secondary N) is 2. The summed E-state index contributed by atoms with van der Waals surface area (Å²) in [7, 11) is 0. The van der Waals surface area contributed by atoms with E-state index in [9.17, 15) is 14.4 Å². The van der Waals surface area contributed by atoms with Crippen molar-refractivity contribution in [3.63, 3.8) is 0 Å². The van der Waals surface area contributed by atoms with Crippen LogP contribution in [0.15, 0.2) is 53.2 Å². The van der Waals surface area contributed by atoms with Gasteiger partial charge in [-0.3, -0.25) is 14.4 Å².